The normalized spacial score (nSPS) is 20.1. The topological polar surface area (TPSA) is 32.3 Å². The molecule has 0 bridgehead atoms. The van der Waals surface area contributed by atoms with Gasteiger partial charge in [0.15, 0.2) is 5.11 Å². The van der Waals surface area contributed by atoms with Gasteiger partial charge >= 0.3 is 0 Å². The van der Waals surface area contributed by atoms with E-state index in [4.69, 9.17) is 23.8 Å². The van der Waals surface area contributed by atoms with Crippen LogP contribution in [0.3, 0.4) is 0 Å². The lowest BCUT2D eigenvalue weighted by atomic mass is 10.2. The van der Waals surface area contributed by atoms with E-state index >= 15 is 0 Å². The molecule has 1 heterocycles. The molecule has 0 spiro atoms. The van der Waals surface area contributed by atoms with E-state index in [2.05, 4.69) is 5.32 Å². The summed E-state index contributed by atoms with van der Waals surface area (Å²) in [6, 6.07) is 7.16. The zero-order valence-electron chi connectivity index (χ0n) is 8.74. The minimum absolute atomic E-state index is 0.0138. The smallest absolute Gasteiger partial charge is 0.251 e. The molecule has 1 aromatic carbocycles. The summed E-state index contributed by atoms with van der Waals surface area (Å²) in [5.41, 5.74) is 1.01. The largest absolute Gasteiger partial charge is 0.351 e. The van der Waals surface area contributed by atoms with Gasteiger partial charge in [0.1, 0.15) is 6.04 Å². The van der Waals surface area contributed by atoms with E-state index in [0.717, 1.165) is 5.56 Å². The highest BCUT2D eigenvalue weighted by Gasteiger charge is 2.31. The van der Waals surface area contributed by atoms with E-state index in [1.165, 1.54) is 0 Å². The molecule has 1 aromatic rings. The number of nitrogens with one attached hydrogen (secondary N) is 1. The summed E-state index contributed by atoms with van der Waals surface area (Å²) in [5.74, 6) is 0.0138. The first-order valence-corrected chi connectivity index (χ1v) is 5.73. The number of thiocarbonyl (C=S) groups is 1. The van der Waals surface area contributed by atoms with E-state index in [9.17, 15) is 4.79 Å². The average Bonchev–Trinajstić information content (AvgIpc) is 2.48. The fourth-order valence-electron chi connectivity index (χ4n) is 1.58. The summed E-state index contributed by atoms with van der Waals surface area (Å²) in [6.07, 6.45) is 0. The van der Waals surface area contributed by atoms with Gasteiger partial charge in [-0.05, 0) is 36.8 Å². The fourth-order valence-corrected chi connectivity index (χ4v) is 2.04. The molecule has 1 amide bonds. The molecule has 1 N–H and O–H groups in total. The lowest BCUT2D eigenvalue weighted by Crippen LogP contribution is -2.30. The molecule has 0 aliphatic carbocycles. The second-order valence-corrected chi connectivity index (χ2v) is 4.55. The van der Waals surface area contributed by atoms with Crippen LogP contribution in [0.2, 0.25) is 5.02 Å². The summed E-state index contributed by atoms with van der Waals surface area (Å²) in [4.78, 5) is 13.3. The Kier molecular flexibility index (Phi) is 3.12. The molecular formula is C11H11ClN2OS. The quantitative estimate of drug-likeness (QED) is 0.819. The van der Waals surface area contributed by atoms with Crippen molar-refractivity contribution in [1.82, 2.24) is 10.2 Å². The maximum absolute atomic E-state index is 11.7. The van der Waals surface area contributed by atoms with Crippen molar-refractivity contribution in [3.8, 4) is 0 Å². The molecule has 84 valence electrons. The fraction of sp³-hybridized carbons (Fsp3) is 0.273. The van der Waals surface area contributed by atoms with Crippen molar-refractivity contribution in [2.24, 2.45) is 0 Å². The number of hydrogen-bond donors (Lipinski definition) is 1. The molecule has 16 heavy (non-hydrogen) atoms. The highest BCUT2D eigenvalue weighted by atomic mass is 35.5. The summed E-state index contributed by atoms with van der Waals surface area (Å²) >= 11 is 10.9. The van der Waals surface area contributed by atoms with Crippen LogP contribution in [0.1, 0.15) is 12.5 Å². The first-order valence-electron chi connectivity index (χ1n) is 4.94. The minimum Gasteiger partial charge on any atom is -0.351 e. The molecule has 0 aromatic heterocycles. The molecule has 1 aliphatic heterocycles. The summed E-state index contributed by atoms with van der Waals surface area (Å²) < 4.78 is 0. The van der Waals surface area contributed by atoms with Crippen molar-refractivity contribution in [2.75, 3.05) is 0 Å². The minimum atomic E-state index is -0.222. The first-order chi connectivity index (χ1) is 7.58. The third-order valence-electron chi connectivity index (χ3n) is 2.48. The van der Waals surface area contributed by atoms with Crippen LogP contribution in [-0.4, -0.2) is 22.0 Å². The van der Waals surface area contributed by atoms with E-state index < -0.39 is 0 Å². The summed E-state index contributed by atoms with van der Waals surface area (Å²) in [6.45, 7) is 2.29. The lowest BCUT2D eigenvalue weighted by molar-refractivity contribution is -0.127. The lowest BCUT2D eigenvalue weighted by Gasteiger charge is -2.14. The van der Waals surface area contributed by atoms with Crippen molar-refractivity contribution in [1.29, 1.82) is 0 Å². The number of nitrogens with zero attached hydrogens (tertiary/aromatic N) is 1. The maximum Gasteiger partial charge on any atom is 0.251 e. The Hall–Kier alpha value is -1.13. The predicted molar refractivity (Wildman–Crippen MR) is 67.2 cm³/mol. The molecule has 1 saturated heterocycles. The first kappa shape index (κ1) is 11.4. The van der Waals surface area contributed by atoms with Crippen LogP contribution in [0.25, 0.3) is 0 Å². The van der Waals surface area contributed by atoms with E-state index in [-0.39, 0.29) is 11.9 Å². The number of carbonyl (C=O) groups is 1. The van der Waals surface area contributed by atoms with Gasteiger partial charge in [-0.1, -0.05) is 23.7 Å². The third kappa shape index (κ3) is 2.18. The molecule has 1 atom stereocenters. The Morgan fingerprint density at radius 2 is 2.06 bits per heavy atom. The Morgan fingerprint density at radius 3 is 2.56 bits per heavy atom. The number of rotatable bonds is 2. The SMILES string of the molecule is CC1NC(=S)N(Cc2ccc(Cl)cc2)C1=O. The molecule has 1 unspecified atom stereocenters. The van der Waals surface area contributed by atoms with Gasteiger partial charge in [0, 0.05) is 5.02 Å². The number of amides is 1. The molecule has 0 saturated carbocycles. The monoisotopic (exact) mass is 254 g/mol. The molecule has 1 aliphatic rings. The van der Waals surface area contributed by atoms with Gasteiger partial charge in [0.2, 0.25) is 0 Å². The Labute approximate surface area is 104 Å². The standard InChI is InChI=1S/C11H11ClN2OS/c1-7-10(15)14(11(16)13-7)6-8-2-4-9(12)5-3-8/h2-5,7H,6H2,1H3,(H,13,16). The number of carbonyl (C=O) groups excluding carboxylic acids is 1. The van der Waals surface area contributed by atoms with Gasteiger partial charge in [-0.2, -0.15) is 0 Å². The zero-order valence-corrected chi connectivity index (χ0v) is 10.3. The Balaban J connectivity index is 2.13. The zero-order chi connectivity index (χ0) is 11.7. The van der Waals surface area contributed by atoms with Crippen LogP contribution in [0.5, 0.6) is 0 Å². The maximum atomic E-state index is 11.7. The molecule has 3 nitrogen and oxygen atoms in total. The van der Waals surface area contributed by atoms with Crippen molar-refractivity contribution >= 4 is 34.8 Å². The molecule has 0 radical (unpaired) electrons. The van der Waals surface area contributed by atoms with Crippen molar-refractivity contribution in [2.45, 2.75) is 19.5 Å². The number of halogens is 1. The number of benzene rings is 1. The van der Waals surface area contributed by atoms with Crippen molar-refractivity contribution in [3.63, 3.8) is 0 Å². The Morgan fingerprint density at radius 1 is 1.44 bits per heavy atom. The van der Waals surface area contributed by atoms with E-state index in [1.807, 2.05) is 12.1 Å². The second-order valence-electron chi connectivity index (χ2n) is 3.72. The van der Waals surface area contributed by atoms with Crippen LogP contribution < -0.4 is 5.32 Å². The van der Waals surface area contributed by atoms with E-state index in [1.54, 1.807) is 24.0 Å². The molecule has 5 heteroatoms. The van der Waals surface area contributed by atoms with Crippen LogP contribution >= 0.6 is 23.8 Å². The summed E-state index contributed by atoms with van der Waals surface area (Å²) in [7, 11) is 0. The number of hydrogen-bond acceptors (Lipinski definition) is 2. The van der Waals surface area contributed by atoms with Gasteiger partial charge < -0.3 is 5.32 Å². The second kappa shape index (κ2) is 4.39. The van der Waals surface area contributed by atoms with Gasteiger partial charge in [-0.25, -0.2) is 0 Å². The molecule has 2 rings (SSSR count). The summed E-state index contributed by atoms with van der Waals surface area (Å²) in [5, 5.41) is 4.11. The van der Waals surface area contributed by atoms with E-state index in [0.29, 0.717) is 16.7 Å². The third-order valence-corrected chi connectivity index (χ3v) is 3.07. The van der Waals surface area contributed by atoms with Gasteiger partial charge in [-0.15, -0.1) is 0 Å². The van der Waals surface area contributed by atoms with Gasteiger partial charge in [0.05, 0.1) is 6.54 Å². The van der Waals surface area contributed by atoms with Gasteiger partial charge in [-0.3, -0.25) is 9.69 Å². The highest BCUT2D eigenvalue weighted by Crippen LogP contribution is 2.14. The van der Waals surface area contributed by atoms with Gasteiger partial charge in [0.25, 0.3) is 5.91 Å². The average molecular weight is 255 g/mol. The Bertz CT molecular complexity index is 432. The van der Waals surface area contributed by atoms with Crippen molar-refractivity contribution < 1.29 is 4.79 Å². The molecular weight excluding hydrogens is 244 g/mol. The highest BCUT2D eigenvalue weighted by molar-refractivity contribution is 7.80. The molecule has 1 fully saturated rings. The van der Waals surface area contributed by atoms with Crippen LogP contribution in [-0.2, 0) is 11.3 Å². The van der Waals surface area contributed by atoms with Crippen LogP contribution in [0.4, 0.5) is 0 Å². The van der Waals surface area contributed by atoms with Crippen molar-refractivity contribution in [3.05, 3.63) is 34.9 Å². The predicted octanol–water partition coefficient (Wildman–Crippen LogP) is 1.95. The van der Waals surface area contributed by atoms with Crippen LogP contribution in [0, 0.1) is 0 Å². The van der Waals surface area contributed by atoms with Crippen LogP contribution in [0.15, 0.2) is 24.3 Å².